The van der Waals surface area contributed by atoms with Gasteiger partial charge in [-0.05, 0) is 25.1 Å². The molecule has 0 aliphatic rings. The summed E-state index contributed by atoms with van der Waals surface area (Å²) in [5.74, 6) is 1.56. The Morgan fingerprint density at radius 3 is 2.79 bits per heavy atom. The Hall–Kier alpha value is -1.94. The molecule has 0 radical (unpaired) electrons. The second-order valence-electron chi connectivity index (χ2n) is 4.71. The molecule has 2 aromatic rings. The van der Waals surface area contributed by atoms with E-state index in [1.807, 2.05) is 31.2 Å². The maximum Gasteiger partial charge on any atom is 0.148 e. The number of ether oxygens (including phenoxy) is 1. The summed E-state index contributed by atoms with van der Waals surface area (Å²) in [6, 6.07) is 8.01. The number of aromatic nitrogens is 2. The predicted molar refractivity (Wildman–Crippen MR) is 75.3 cm³/mol. The molecule has 2 rings (SSSR count). The van der Waals surface area contributed by atoms with Crippen molar-refractivity contribution in [2.24, 2.45) is 0 Å². The van der Waals surface area contributed by atoms with Crippen LogP contribution in [0.4, 0.5) is 0 Å². The van der Waals surface area contributed by atoms with Gasteiger partial charge in [-0.3, -0.25) is 9.97 Å². The molecule has 4 nitrogen and oxygen atoms in total. The third-order valence-electron chi connectivity index (χ3n) is 2.67. The van der Waals surface area contributed by atoms with E-state index in [0.717, 1.165) is 29.4 Å². The Balaban J connectivity index is 2.09. The van der Waals surface area contributed by atoms with E-state index in [0.29, 0.717) is 6.04 Å². The summed E-state index contributed by atoms with van der Waals surface area (Å²) < 4.78 is 5.83. The summed E-state index contributed by atoms with van der Waals surface area (Å²) in [5.41, 5.74) is 1.84. The minimum Gasteiger partial charge on any atom is -0.455 e. The minimum atomic E-state index is 0.437. The first kappa shape index (κ1) is 13.5. The van der Waals surface area contributed by atoms with Gasteiger partial charge in [0.2, 0.25) is 0 Å². The first-order valence-electron chi connectivity index (χ1n) is 6.43. The number of pyridine rings is 2. The molecule has 0 aliphatic carbocycles. The van der Waals surface area contributed by atoms with E-state index in [1.165, 1.54) is 0 Å². The maximum absolute atomic E-state index is 5.83. The van der Waals surface area contributed by atoms with Crippen molar-refractivity contribution in [1.29, 1.82) is 0 Å². The number of rotatable bonds is 5. The van der Waals surface area contributed by atoms with Crippen molar-refractivity contribution in [3.05, 3.63) is 48.0 Å². The molecule has 0 saturated heterocycles. The Morgan fingerprint density at radius 2 is 2.05 bits per heavy atom. The standard InChI is InChI=1S/C15H19N3O/c1-11(2)18-10-13-9-14(6-8-17-13)19-15-5-4-7-16-12(15)3/h4-9,11,18H,10H2,1-3H3. The van der Waals surface area contributed by atoms with E-state index >= 15 is 0 Å². The summed E-state index contributed by atoms with van der Waals surface area (Å²) in [7, 11) is 0. The first-order valence-corrected chi connectivity index (χ1v) is 6.43. The van der Waals surface area contributed by atoms with E-state index in [1.54, 1.807) is 12.4 Å². The molecular weight excluding hydrogens is 238 g/mol. The van der Waals surface area contributed by atoms with E-state index in [2.05, 4.69) is 29.1 Å². The van der Waals surface area contributed by atoms with Crippen molar-refractivity contribution >= 4 is 0 Å². The fraction of sp³-hybridized carbons (Fsp3) is 0.333. The van der Waals surface area contributed by atoms with Gasteiger partial charge in [-0.2, -0.15) is 0 Å². The van der Waals surface area contributed by atoms with Crippen LogP contribution in [0.25, 0.3) is 0 Å². The van der Waals surface area contributed by atoms with E-state index in [-0.39, 0.29) is 0 Å². The summed E-state index contributed by atoms with van der Waals surface area (Å²) >= 11 is 0. The highest BCUT2D eigenvalue weighted by atomic mass is 16.5. The van der Waals surface area contributed by atoms with Gasteiger partial charge >= 0.3 is 0 Å². The van der Waals surface area contributed by atoms with E-state index in [9.17, 15) is 0 Å². The average Bonchev–Trinajstić information content (AvgIpc) is 2.40. The fourth-order valence-corrected chi connectivity index (χ4v) is 1.63. The lowest BCUT2D eigenvalue weighted by molar-refractivity contribution is 0.473. The SMILES string of the molecule is Cc1ncccc1Oc1ccnc(CNC(C)C)c1. The van der Waals surface area contributed by atoms with Crippen LogP contribution in [0, 0.1) is 6.92 Å². The largest absolute Gasteiger partial charge is 0.455 e. The first-order chi connectivity index (χ1) is 9.15. The van der Waals surface area contributed by atoms with E-state index in [4.69, 9.17) is 4.74 Å². The lowest BCUT2D eigenvalue weighted by atomic mass is 10.3. The normalized spacial score (nSPS) is 10.7. The van der Waals surface area contributed by atoms with E-state index < -0.39 is 0 Å². The topological polar surface area (TPSA) is 47.0 Å². The van der Waals surface area contributed by atoms with Crippen molar-refractivity contribution < 1.29 is 4.74 Å². The van der Waals surface area contributed by atoms with Crippen molar-refractivity contribution in [3.8, 4) is 11.5 Å². The predicted octanol–water partition coefficient (Wildman–Crippen LogP) is 3.08. The van der Waals surface area contributed by atoms with Crippen LogP contribution in [0.1, 0.15) is 25.2 Å². The highest BCUT2D eigenvalue weighted by molar-refractivity contribution is 5.33. The summed E-state index contributed by atoms with van der Waals surface area (Å²) in [4.78, 5) is 8.52. The minimum absolute atomic E-state index is 0.437. The van der Waals surface area contributed by atoms with Gasteiger partial charge in [0, 0.05) is 31.0 Å². The Labute approximate surface area is 113 Å². The molecule has 0 amide bonds. The van der Waals surface area contributed by atoms with Gasteiger partial charge in [0.25, 0.3) is 0 Å². The molecular formula is C15H19N3O. The molecule has 4 heteroatoms. The maximum atomic E-state index is 5.83. The molecule has 2 heterocycles. The monoisotopic (exact) mass is 257 g/mol. The molecule has 2 aromatic heterocycles. The fourth-order valence-electron chi connectivity index (χ4n) is 1.63. The second kappa shape index (κ2) is 6.29. The molecule has 0 saturated carbocycles. The highest BCUT2D eigenvalue weighted by Crippen LogP contribution is 2.23. The number of nitrogens with zero attached hydrogens (tertiary/aromatic N) is 2. The number of hydrogen-bond donors (Lipinski definition) is 1. The van der Waals surface area contributed by atoms with Gasteiger partial charge in [-0.15, -0.1) is 0 Å². The summed E-state index contributed by atoms with van der Waals surface area (Å²) in [6.07, 6.45) is 3.52. The van der Waals surface area contributed by atoms with Gasteiger partial charge < -0.3 is 10.1 Å². The van der Waals surface area contributed by atoms with Crippen molar-refractivity contribution in [2.75, 3.05) is 0 Å². The average molecular weight is 257 g/mol. The van der Waals surface area contributed by atoms with Crippen molar-refractivity contribution in [1.82, 2.24) is 15.3 Å². The quantitative estimate of drug-likeness (QED) is 0.894. The zero-order valence-corrected chi connectivity index (χ0v) is 11.6. The molecule has 0 bridgehead atoms. The van der Waals surface area contributed by atoms with Crippen LogP contribution in [0.3, 0.4) is 0 Å². The van der Waals surface area contributed by atoms with Gasteiger partial charge in [0.15, 0.2) is 0 Å². The van der Waals surface area contributed by atoms with Gasteiger partial charge in [0.05, 0.1) is 11.4 Å². The van der Waals surface area contributed by atoms with Crippen LogP contribution in [-0.4, -0.2) is 16.0 Å². The Kier molecular flexibility index (Phi) is 4.47. The number of nitrogens with one attached hydrogen (secondary N) is 1. The number of hydrogen-bond acceptors (Lipinski definition) is 4. The zero-order valence-electron chi connectivity index (χ0n) is 11.6. The van der Waals surface area contributed by atoms with Gasteiger partial charge in [-0.1, -0.05) is 13.8 Å². The van der Waals surface area contributed by atoms with Crippen molar-refractivity contribution in [3.63, 3.8) is 0 Å². The molecule has 0 aromatic carbocycles. The third-order valence-corrected chi connectivity index (χ3v) is 2.67. The van der Waals surface area contributed by atoms with Gasteiger partial charge in [-0.25, -0.2) is 0 Å². The van der Waals surface area contributed by atoms with Crippen LogP contribution in [0.5, 0.6) is 11.5 Å². The molecule has 0 aliphatic heterocycles. The van der Waals surface area contributed by atoms with Gasteiger partial charge in [0.1, 0.15) is 11.5 Å². The van der Waals surface area contributed by atoms with Crippen LogP contribution < -0.4 is 10.1 Å². The lowest BCUT2D eigenvalue weighted by Crippen LogP contribution is -2.22. The lowest BCUT2D eigenvalue weighted by Gasteiger charge is -2.10. The number of aryl methyl sites for hydroxylation is 1. The molecule has 19 heavy (non-hydrogen) atoms. The summed E-state index contributed by atoms with van der Waals surface area (Å²) in [5, 5.41) is 3.33. The second-order valence-corrected chi connectivity index (χ2v) is 4.71. The van der Waals surface area contributed by atoms with Crippen LogP contribution in [0.15, 0.2) is 36.7 Å². The molecule has 0 fully saturated rings. The zero-order chi connectivity index (χ0) is 13.7. The molecule has 0 spiro atoms. The molecule has 100 valence electrons. The molecule has 0 atom stereocenters. The Bertz CT molecular complexity index is 540. The highest BCUT2D eigenvalue weighted by Gasteiger charge is 2.03. The van der Waals surface area contributed by atoms with Crippen LogP contribution in [-0.2, 0) is 6.54 Å². The Morgan fingerprint density at radius 1 is 1.21 bits per heavy atom. The summed E-state index contributed by atoms with van der Waals surface area (Å²) in [6.45, 7) is 6.89. The van der Waals surface area contributed by atoms with Crippen molar-refractivity contribution in [2.45, 2.75) is 33.4 Å². The van der Waals surface area contributed by atoms with Crippen LogP contribution in [0.2, 0.25) is 0 Å². The third kappa shape index (κ3) is 4.03. The molecule has 0 unspecified atom stereocenters. The smallest absolute Gasteiger partial charge is 0.148 e. The molecule has 1 N–H and O–H groups in total. The van der Waals surface area contributed by atoms with Crippen LogP contribution >= 0.6 is 0 Å².